The van der Waals surface area contributed by atoms with Gasteiger partial charge in [0.15, 0.2) is 0 Å². The predicted molar refractivity (Wildman–Crippen MR) is 77.9 cm³/mol. The molecular weight excluding hydrogens is 271 g/mol. The van der Waals surface area contributed by atoms with E-state index in [1.807, 2.05) is 12.1 Å². The zero-order valence-electron chi connectivity index (χ0n) is 11.4. The minimum absolute atomic E-state index is 0.0241. The number of halogens is 1. The van der Waals surface area contributed by atoms with Crippen molar-refractivity contribution in [3.63, 3.8) is 0 Å². The quantitative estimate of drug-likeness (QED) is 0.807. The number of anilines is 2. The summed E-state index contributed by atoms with van der Waals surface area (Å²) < 4.78 is 13.0. The maximum absolute atomic E-state index is 13.0. The third kappa shape index (κ3) is 2.27. The molecule has 1 heterocycles. The molecular formula is C16H13FN2O2. The number of fused-ring (bicyclic) bond motifs is 1. The van der Waals surface area contributed by atoms with E-state index in [1.165, 1.54) is 34.1 Å². The van der Waals surface area contributed by atoms with Crippen molar-refractivity contribution in [2.45, 2.75) is 0 Å². The van der Waals surface area contributed by atoms with Crippen LogP contribution in [0, 0.1) is 5.82 Å². The number of likely N-dealkylation sites (N-methyl/N-ethyl adjacent to an activating group) is 1. The number of amides is 2. The van der Waals surface area contributed by atoms with Gasteiger partial charge in [0, 0.05) is 12.6 Å². The van der Waals surface area contributed by atoms with Crippen LogP contribution in [0.4, 0.5) is 15.8 Å². The first-order valence-corrected chi connectivity index (χ1v) is 6.51. The Morgan fingerprint density at radius 3 is 2.33 bits per heavy atom. The van der Waals surface area contributed by atoms with Gasteiger partial charge in [0.05, 0.1) is 11.4 Å². The van der Waals surface area contributed by atoms with Gasteiger partial charge in [-0.25, -0.2) is 4.39 Å². The van der Waals surface area contributed by atoms with Gasteiger partial charge in [-0.15, -0.1) is 0 Å². The summed E-state index contributed by atoms with van der Waals surface area (Å²) in [7, 11) is 1.68. The summed E-state index contributed by atoms with van der Waals surface area (Å²) in [6.07, 6.45) is 0. The van der Waals surface area contributed by atoms with Crippen LogP contribution in [0.15, 0.2) is 48.5 Å². The summed E-state index contributed by atoms with van der Waals surface area (Å²) in [6, 6.07) is 12.5. The summed E-state index contributed by atoms with van der Waals surface area (Å²) in [6.45, 7) is -0.0241. The highest BCUT2D eigenvalue weighted by molar-refractivity contribution is 6.15. The molecule has 0 N–H and O–H groups in total. The first-order chi connectivity index (χ1) is 10.1. The van der Waals surface area contributed by atoms with Crippen LogP contribution in [-0.2, 0) is 4.79 Å². The van der Waals surface area contributed by atoms with Crippen molar-refractivity contribution in [2.75, 3.05) is 23.4 Å². The second-order valence-electron chi connectivity index (χ2n) is 4.84. The smallest absolute Gasteiger partial charge is 0.258 e. The highest BCUT2D eigenvalue weighted by Crippen LogP contribution is 2.33. The van der Waals surface area contributed by atoms with Gasteiger partial charge >= 0.3 is 0 Å². The summed E-state index contributed by atoms with van der Waals surface area (Å²) in [4.78, 5) is 27.5. The van der Waals surface area contributed by atoms with Crippen LogP contribution in [0.2, 0.25) is 0 Å². The number of carbonyl (C=O) groups is 2. The Bertz CT molecular complexity index is 712. The van der Waals surface area contributed by atoms with Crippen molar-refractivity contribution >= 4 is 23.2 Å². The fourth-order valence-electron chi connectivity index (χ4n) is 2.37. The lowest BCUT2D eigenvalue weighted by atomic mass is 10.1. The lowest BCUT2D eigenvalue weighted by Crippen LogP contribution is -2.46. The van der Waals surface area contributed by atoms with Gasteiger partial charge in [-0.3, -0.25) is 14.5 Å². The zero-order valence-corrected chi connectivity index (χ0v) is 11.4. The Balaban J connectivity index is 2.02. The number of carbonyl (C=O) groups excluding carboxylic acids is 2. The van der Waals surface area contributed by atoms with E-state index in [2.05, 4.69) is 0 Å². The number of nitrogens with zero attached hydrogens (tertiary/aromatic N) is 2. The van der Waals surface area contributed by atoms with Gasteiger partial charge in [0.25, 0.3) is 5.91 Å². The molecule has 0 saturated carbocycles. The Labute approximate surface area is 121 Å². The number of rotatable bonds is 1. The second-order valence-corrected chi connectivity index (χ2v) is 4.84. The molecule has 4 nitrogen and oxygen atoms in total. The lowest BCUT2D eigenvalue weighted by molar-refractivity contribution is -0.117. The average Bonchev–Trinajstić information content (AvgIpc) is 2.51. The van der Waals surface area contributed by atoms with Crippen LogP contribution < -0.4 is 9.80 Å². The molecule has 106 valence electrons. The molecule has 0 spiro atoms. The number of hydrogen-bond donors (Lipinski definition) is 0. The first kappa shape index (κ1) is 13.3. The molecule has 0 atom stereocenters. The number of hydrogen-bond acceptors (Lipinski definition) is 2. The molecule has 1 aliphatic rings. The maximum atomic E-state index is 13.0. The minimum atomic E-state index is -0.401. The summed E-state index contributed by atoms with van der Waals surface area (Å²) in [5.41, 5.74) is 1.71. The monoisotopic (exact) mass is 284 g/mol. The Morgan fingerprint density at radius 2 is 1.67 bits per heavy atom. The van der Waals surface area contributed by atoms with Gasteiger partial charge < -0.3 is 4.90 Å². The molecule has 0 fully saturated rings. The summed E-state index contributed by atoms with van der Waals surface area (Å²) >= 11 is 0. The van der Waals surface area contributed by atoms with E-state index >= 15 is 0 Å². The molecule has 2 amide bonds. The van der Waals surface area contributed by atoms with Crippen molar-refractivity contribution in [2.24, 2.45) is 0 Å². The van der Waals surface area contributed by atoms with Crippen LogP contribution in [0.1, 0.15) is 10.4 Å². The Morgan fingerprint density at radius 1 is 1.05 bits per heavy atom. The van der Waals surface area contributed by atoms with Crippen molar-refractivity contribution in [1.29, 1.82) is 0 Å². The molecule has 1 aliphatic heterocycles. The van der Waals surface area contributed by atoms with Crippen molar-refractivity contribution in [3.8, 4) is 0 Å². The molecule has 0 radical (unpaired) electrons. The van der Waals surface area contributed by atoms with E-state index in [0.29, 0.717) is 16.9 Å². The Kier molecular flexibility index (Phi) is 3.17. The van der Waals surface area contributed by atoms with Crippen LogP contribution in [0.3, 0.4) is 0 Å². The van der Waals surface area contributed by atoms with Crippen LogP contribution in [0.5, 0.6) is 0 Å². The van der Waals surface area contributed by atoms with Gasteiger partial charge in [-0.1, -0.05) is 12.1 Å². The fraction of sp³-hybridized carbons (Fsp3) is 0.125. The Hall–Kier alpha value is -2.69. The van der Waals surface area contributed by atoms with Gasteiger partial charge in [0.2, 0.25) is 5.91 Å². The second kappa shape index (κ2) is 5.01. The third-order valence-corrected chi connectivity index (χ3v) is 3.54. The minimum Gasteiger partial charge on any atom is -0.312 e. The molecule has 3 rings (SSSR count). The SMILES string of the molecule is CN1C(=O)CN(C(=O)c2ccc(F)cc2)c2ccccc21. The number of para-hydroxylation sites is 2. The highest BCUT2D eigenvalue weighted by atomic mass is 19.1. The highest BCUT2D eigenvalue weighted by Gasteiger charge is 2.30. The topological polar surface area (TPSA) is 40.6 Å². The molecule has 0 bridgehead atoms. The van der Waals surface area contributed by atoms with Crippen LogP contribution in [0.25, 0.3) is 0 Å². The number of benzene rings is 2. The molecule has 21 heavy (non-hydrogen) atoms. The zero-order chi connectivity index (χ0) is 15.0. The molecule has 0 aliphatic carbocycles. The largest absolute Gasteiger partial charge is 0.312 e. The van der Waals surface area contributed by atoms with Crippen LogP contribution in [-0.4, -0.2) is 25.4 Å². The van der Waals surface area contributed by atoms with Crippen LogP contribution >= 0.6 is 0 Å². The molecule has 2 aromatic rings. The fourth-order valence-corrected chi connectivity index (χ4v) is 2.37. The molecule has 2 aromatic carbocycles. The van der Waals surface area contributed by atoms with Crippen molar-refractivity contribution < 1.29 is 14.0 Å². The van der Waals surface area contributed by atoms with E-state index in [4.69, 9.17) is 0 Å². The molecule has 0 aromatic heterocycles. The summed E-state index contributed by atoms with van der Waals surface area (Å²) in [5.74, 6) is -0.880. The van der Waals surface area contributed by atoms with E-state index in [1.54, 1.807) is 19.2 Å². The standard InChI is InChI=1S/C16H13FN2O2/c1-18-13-4-2-3-5-14(13)19(10-15(18)20)16(21)11-6-8-12(17)9-7-11/h2-9H,10H2,1H3. The van der Waals surface area contributed by atoms with E-state index in [-0.39, 0.29) is 18.4 Å². The molecule has 5 heteroatoms. The predicted octanol–water partition coefficient (Wildman–Crippen LogP) is 2.45. The van der Waals surface area contributed by atoms with E-state index < -0.39 is 5.82 Å². The average molecular weight is 284 g/mol. The van der Waals surface area contributed by atoms with Gasteiger partial charge in [-0.05, 0) is 36.4 Å². The van der Waals surface area contributed by atoms with E-state index in [9.17, 15) is 14.0 Å². The summed E-state index contributed by atoms with van der Waals surface area (Å²) in [5, 5.41) is 0. The van der Waals surface area contributed by atoms with Gasteiger partial charge in [-0.2, -0.15) is 0 Å². The van der Waals surface area contributed by atoms with Crippen molar-refractivity contribution in [1.82, 2.24) is 0 Å². The third-order valence-electron chi connectivity index (χ3n) is 3.54. The first-order valence-electron chi connectivity index (χ1n) is 6.51. The van der Waals surface area contributed by atoms with Crippen molar-refractivity contribution in [3.05, 3.63) is 59.9 Å². The normalized spacial score (nSPS) is 14.1. The van der Waals surface area contributed by atoms with Gasteiger partial charge in [0.1, 0.15) is 12.4 Å². The molecule has 0 unspecified atom stereocenters. The lowest BCUT2D eigenvalue weighted by Gasteiger charge is -2.34. The molecule has 0 saturated heterocycles. The van der Waals surface area contributed by atoms with E-state index in [0.717, 1.165) is 0 Å². The maximum Gasteiger partial charge on any atom is 0.258 e.